The van der Waals surface area contributed by atoms with Crippen LogP contribution in [0.2, 0.25) is 0 Å². The van der Waals surface area contributed by atoms with E-state index in [1.165, 1.54) is 30.6 Å². The van der Waals surface area contributed by atoms with Gasteiger partial charge in [-0.05, 0) is 32.1 Å². The molecule has 2 N–H and O–H groups in total. The van der Waals surface area contributed by atoms with Gasteiger partial charge in [-0.25, -0.2) is 9.69 Å². The number of rotatable bonds is 9. The Hall–Kier alpha value is -1.10. The smallest absolute Gasteiger partial charge is 0.325 e. The molecule has 20 heavy (non-hydrogen) atoms. The van der Waals surface area contributed by atoms with Crippen molar-refractivity contribution in [3.8, 4) is 0 Å². The zero-order chi connectivity index (χ0) is 14.5. The first-order valence-electron chi connectivity index (χ1n) is 7.98. The highest BCUT2D eigenvalue weighted by molar-refractivity contribution is 6.04. The minimum absolute atomic E-state index is 0.0526. The molecule has 2 fully saturated rings. The second kappa shape index (κ2) is 7.07. The Morgan fingerprint density at radius 3 is 2.70 bits per heavy atom. The molecular formula is C15H27N3O2. The summed E-state index contributed by atoms with van der Waals surface area (Å²) in [5.74, 6) is 0.325. The van der Waals surface area contributed by atoms with E-state index in [2.05, 4.69) is 24.5 Å². The third-order valence-electron chi connectivity index (χ3n) is 4.24. The summed E-state index contributed by atoms with van der Waals surface area (Å²) in [6.07, 6.45) is 8.20. The van der Waals surface area contributed by atoms with E-state index in [1.54, 1.807) is 0 Å². The minimum atomic E-state index is -0.260. The first-order valence-corrected chi connectivity index (χ1v) is 7.98. The maximum absolute atomic E-state index is 12.1. The van der Waals surface area contributed by atoms with Crippen LogP contribution in [-0.4, -0.2) is 35.6 Å². The van der Waals surface area contributed by atoms with Gasteiger partial charge < -0.3 is 5.32 Å². The molecule has 0 bridgehead atoms. The molecule has 0 aromatic rings. The number of urea groups is 1. The molecule has 1 aliphatic carbocycles. The molecule has 2 atom stereocenters. The Bertz CT molecular complexity index is 355. The fraction of sp³-hybridized carbons (Fsp3) is 0.867. The van der Waals surface area contributed by atoms with E-state index < -0.39 is 0 Å². The molecule has 114 valence electrons. The summed E-state index contributed by atoms with van der Waals surface area (Å²) in [6.45, 7) is 4.65. The van der Waals surface area contributed by atoms with Crippen molar-refractivity contribution in [2.24, 2.45) is 5.92 Å². The van der Waals surface area contributed by atoms with Crippen LogP contribution in [0.5, 0.6) is 0 Å². The zero-order valence-corrected chi connectivity index (χ0v) is 12.7. The maximum atomic E-state index is 12.1. The number of nitrogens with one attached hydrogen (secondary N) is 2. The van der Waals surface area contributed by atoms with Crippen molar-refractivity contribution >= 4 is 11.9 Å². The third-order valence-corrected chi connectivity index (χ3v) is 4.24. The number of nitrogens with zero attached hydrogens (tertiary/aromatic N) is 1. The van der Waals surface area contributed by atoms with Crippen molar-refractivity contribution in [2.45, 2.75) is 70.9 Å². The van der Waals surface area contributed by atoms with Crippen LogP contribution >= 0.6 is 0 Å². The molecule has 3 amide bonds. The molecule has 0 radical (unpaired) electrons. The van der Waals surface area contributed by atoms with Crippen LogP contribution in [-0.2, 0) is 4.79 Å². The Kier molecular flexibility index (Phi) is 5.40. The van der Waals surface area contributed by atoms with Gasteiger partial charge in [-0.1, -0.05) is 32.6 Å². The Balaban J connectivity index is 1.67. The third kappa shape index (κ3) is 3.95. The Labute approximate surface area is 121 Å². The summed E-state index contributed by atoms with van der Waals surface area (Å²) in [5.41, 5.74) is 0. The zero-order valence-electron chi connectivity index (χ0n) is 12.7. The Morgan fingerprint density at radius 2 is 2.05 bits per heavy atom. The highest BCUT2D eigenvalue weighted by atomic mass is 16.2. The van der Waals surface area contributed by atoms with Crippen LogP contribution in [0.15, 0.2) is 0 Å². The van der Waals surface area contributed by atoms with Gasteiger partial charge in [0, 0.05) is 6.04 Å². The Morgan fingerprint density at radius 1 is 1.30 bits per heavy atom. The molecule has 1 saturated heterocycles. The van der Waals surface area contributed by atoms with Gasteiger partial charge in [0.25, 0.3) is 5.91 Å². The SMILES string of the molecule is CCCCCCC(C)NCN1C(=O)NC(C2CC2)C1=O. The monoisotopic (exact) mass is 281 g/mol. The number of hydrogen-bond donors (Lipinski definition) is 2. The lowest BCUT2D eigenvalue weighted by Gasteiger charge is -2.18. The first-order chi connectivity index (χ1) is 9.63. The molecule has 1 saturated carbocycles. The topological polar surface area (TPSA) is 61.4 Å². The largest absolute Gasteiger partial charge is 0.325 e. The summed E-state index contributed by atoms with van der Waals surface area (Å²) in [7, 11) is 0. The van der Waals surface area contributed by atoms with Crippen LogP contribution < -0.4 is 10.6 Å². The van der Waals surface area contributed by atoms with Crippen molar-refractivity contribution in [1.29, 1.82) is 0 Å². The summed E-state index contributed by atoms with van der Waals surface area (Å²) >= 11 is 0. The van der Waals surface area contributed by atoms with Crippen LogP contribution in [0.1, 0.15) is 58.8 Å². The van der Waals surface area contributed by atoms with Crippen molar-refractivity contribution < 1.29 is 9.59 Å². The molecule has 1 aliphatic heterocycles. The summed E-state index contributed by atoms with van der Waals surface area (Å²) in [6, 6.07) is -0.158. The predicted molar refractivity (Wildman–Crippen MR) is 78.1 cm³/mol. The second-order valence-corrected chi connectivity index (χ2v) is 6.14. The standard InChI is InChI=1S/C15H27N3O2/c1-3-4-5-6-7-11(2)16-10-18-14(19)13(12-8-9-12)17-15(18)20/h11-13,16H,3-10H2,1-2H3,(H,17,20). The van der Waals surface area contributed by atoms with Crippen molar-refractivity contribution in [1.82, 2.24) is 15.5 Å². The average Bonchev–Trinajstić information content (AvgIpc) is 3.21. The molecule has 0 spiro atoms. The van der Waals surface area contributed by atoms with Gasteiger partial charge >= 0.3 is 6.03 Å². The molecule has 5 nitrogen and oxygen atoms in total. The predicted octanol–water partition coefficient (Wildman–Crippen LogP) is 2.22. The number of hydrogen-bond acceptors (Lipinski definition) is 3. The van der Waals surface area contributed by atoms with E-state index in [0.717, 1.165) is 19.3 Å². The number of imide groups is 1. The summed E-state index contributed by atoms with van der Waals surface area (Å²) in [4.78, 5) is 25.2. The summed E-state index contributed by atoms with van der Waals surface area (Å²) in [5, 5.41) is 6.08. The van der Waals surface area contributed by atoms with Crippen molar-refractivity contribution in [3.05, 3.63) is 0 Å². The molecule has 2 rings (SSSR count). The van der Waals surface area contributed by atoms with Gasteiger partial charge in [-0.3, -0.25) is 10.1 Å². The molecular weight excluding hydrogens is 254 g/mol. The molecule has 5 heteroatoms. The van der Waals surface area contributed by atoms with Crippen molar-refractivity contribution in [3.63, 3.8) is 0 Å². The lowest BCUT2D eigenvalue weighted by molar-refractivity contribution is -0.128. The van der Waals surface area contributed by atoms with Gasteiger partial charge in [0.15, 0.2) is 0 Å². The quantitative estimate of drug-likeness (QED) is 0.503. The van der Waals surface area contributed by atoms with Gasteiger partial charge in [-0.15, -0.1) is 0 Å². The fourth-order valence-corrected chi connectivity index (χ4v) is 2.67. The number of amides is 3. The van der Waals surface area contributed by atoms with E-state index in [-0.39, 0.29) is 18.0 Å². The van der Waals surface area contributed by atoms with E-state index in [0.29, 0.717) is 18.6 Å². The van der Waals surface area contributed by atoms with Crippen molar-refractivity contribution in [2.75, 3.05) is 6.67 Å². The molecule has 2 unspecified atom stereocenters. The fourth-order valence-electron chi connectivity index (χ4n) is 2.67. The number of carbonyl (C=O) groups excluding carboxylic acids is 2. The highest BCUT2D eigenvalue weighted by Gasteiger charge is 2.46. The van der Waals surface area contributed by atoms with Crippen LogP contribution in [0.25, 0.3) is 0 Å². The molecule has 0 aromatic carbocycles. The van der Waals surface area contributed by atoms with Gasteiger partial charge in [-0.2, -0.15) is 0 Å². The maximum Gasteiger partial charge on any atom is 0.325 e. The van der Waals surface area contributed by atoms with E-state index in [4.69, 9.17) is 0 Å². The number of carbonyl (C=O) groups is 2. The van der Waals surface area contributed by atoms with Crippen LogP contribution in [0.4, 0.5) is 4.79 Å². The second-order valence-electron chi connectivity index (χ2n) is 6.14. The van der Waals surface area contributed by atoms with Gasteiger partial charge in [0.2, 0.25) is 0 Å². The lowest BCUT2D eigenvalue weighted by Crippen LogP contribution is -2.42. The molecule has 2 aliphatic rings. The molecule has 1 heterocycles. The van der Waals surface area contributed by atoms with E-state index >= 15 is 0 Å². The van der Waals surface area contributed by atoms with Crippen LogP contribution in [0.3, 0.4) is 0 Å². The van der Waals surface area contributed by atoms with Crippen LogP contribution in [0, 0.1) is 5.92 Å². The van der Waals surface area contributed by atoms with Gasteiger partial charge in [0.05, 0.1) is 6.67 Å². The van der Waals surface area contributed by atoms with E-state index in [1.807, 2.05) is 0 Å². The normalized spacial score (nSPS) is 24.1. The highest BCUT2D eigenvalue weighted by Crippen LogP contribution is 2.35. The number of unbranched alkanes of at least 4 members (excludes halogenated alkanes) is 3. The van der Waals surface area contributed by atoms with Gasteiger partial charge in [0.1, 0.15) is 6.04 Å². The van der Waals surface area contributed by atoms with E-state index in [9.17, 15) is 9.59 Å². The lowest BCUT2D eigenvalue weighted by atomic mass is 10.1. The average molecular weight is 281 g/mol. The molecule has 0 aromatic heterocycles. The minimum Gasteiger partial charge on any atom is -0.325 e. The summed E-state index contributed by atoms with van der Waals surface area (Å²) < 4.78 is 0. The first kappa shape index (κ1) is 15.3.